The lowest BCUT2D eigenvalue weighted by Crippen LogP contribution is -2.34. The molecule has 0 aliphatic heterocycles. The van der Waals surface area contributed by atoms with E-state index >= 15 is 0 Å². The molecule has 0 spiro atoms. The first kappa shape index (κ1) is 14.0. The Labute approximate surface area is 116 Å². The number of rotatable bonds is 5. The van der Waals surface area contributed by atoms with Crippen LogP contribution in [0.5, 0.6) is 0 Å². The highest BCUT2D eigenvalue weighted by Crippen LogP contribution is 2.18. The van der Waals surface area contributed by atoms with E-state index in [4.69, 9.17) is 5.73 Å². The van der Waals surface area contributed by atoms with Crippen LogP contribution in [0.15, 0.2) is 36.4 Å². The Kier molecular flexibility index (Phi) is 4.56. The lowest BCUT2D eigenvalue weighted by molar-refractivity contribution is 0.321. The van der Waals surface area contributed by atoms with Crippen molar-refractivity contribution in [2.75, 3.05) is 20.1 Å². The molecule has 0 saturated carbocycles. The van der Waals surface area contributed by atoms with Crippen LogP contribution < -0.4 is 5.73 Å². The van der Waals surface area contributed by atoms with Crippen LogP contribution in [0.1, 0.15) is 18.1 Å². The maximum Gasteiger partial charge on any atom is 0.0139 e. The fraction of sp³-hybridized carbons (Fsp3) is 0.412. The van der Waals surface area contributed by atoms with Crippen molar-refractivity contribution in [3.05, 3.63) is 47.5 Å². The topological polar surface area (TPSA) is 29.3 Å². The third-order valence-corrected chi connectivity index (χ3v) is 3.44. The van der Waals surface area contributed by atoms with E-state index in [0.29, 0.717) is 0 Å². The van der Waals surface area contributed by atoms with Gasteiger partial charge in [0.25, 0.3) is 0 Å². The summed E-state index contributed by atoms with van der Waals surface area (Å²) in [5, 5.41) is 2.66. The molecular weight excluding hydrogens is 232 g/mol. The fourth-order valence-electron chi connectivity index (χ4n) is 2.47. The summed E-state index contributed by atoms with van der Waals surface area (Å²) in [6, 6.07) is 13.6. The van der Waals surface area contributed by atoms with Crippen LogP contribution in [0.25, 0.3) is 10.8 Å². The van der Waals surface area contributed by atoms with E-state index in [1.807, 2.05) is 0 Å². The minimum absolute atomic E-state index is 0.240. The number of hydrogen-bond acceptors (Lipinski definition) is 2. The molecule has 102 valence electrons. The van der Waals surface area contributed by atoms with E-state index in [1.165, 1.54) is 21.9 Å². The first-order chi connectivity index (χ1) is 9.04. The molecule has 0 saturated heterocycles. The highest BCUT2D eigenvalue weighted by atomic mass is 15.1. The molecule has 0 bridgehead atoms. The Hall–Kier alpha value is -1.38. The van der Waals surface area contributed by atoms with E-state index < -0.39 is 0 Å². The zero-order valence-corrected chi connectivity index (χ0v) is 12.2. The fourth-order valence-corrected chi connectivity index (χ4v) is 2.47. The number of likely N-dealkylation sites (N-methyl/N-ethyl adjacent to an activating group) is 1. The van der Waals surface area contributed by atoms with Gasteiger partial charge in [-0.3, -0.25) is 0 Å². The summed E-state index contributed by atoms with van der Waals surface area (Å²) in [6.45, 7) is 6.19. The van der Waals surface area contributed by atoms with E-state index in [2.05, 4.69) is 62.2 Å². The quantitative estimate of drug-likeness (QED) is 0.891. The van der Waals surface area contributed by atoms with Gasteiger partial charge in [0.05, 0.1) is 0 Å². The van der Waals surface area contributed by atoms with Crippen molar-refractivity contribution in [3.8, 4) is 0 Å². The lowest BCUT2D eigenvalue weighted by atomic mass is 10.0. The van der Waals surface area contributed by atoms with Crippen LogP contribution >= 0.6 is 0 Å². The van der Waals surface area contributed by atoms with Crippen LogP contribution in [-0.4, -0.2) is 31.1 Å². The average Bonchev–Trinajstić information content (AvgIpc) is 2.35. The Morgan fingerprint density at radius 1 is 1.11 bits per heavy atom. The van der Waals surface area contributed by atoms with Crippen LogP contribution in [0.2, 0.25) is 0 Å². The molecule has 2 N–H and O–H groups in total. The first-order valence-corrected chi connectivity index (χ1v) is 6.98. The molecule has 0 aromatic heterocycles. The molecule has 0 fully saturated rings. The zero-order valence-electron chi connectivity index (χ0n) is 12.2. The monoisotopic (exact) mass is 256 g/mol. The molecule has 0 radical (unpaired) electrons. The van der Waals surface area contributed by atoms with E-state index in [0.717, 1.165) is 19.5 Å². The number of aryl methyl sites for hydroxylation is 1. The predicted molar refractivity (Wildman–Crippen MR) is 83.5 cm³/mol. The van der Waals surface area contributed by atoms with E-state index in [1.54, 1.807) is 0 Å². The standard InChI is InChI=1S/C17H24N2/c1-13-4-6-17-11-15(5-7-16(17)10-13)8-9-19(3)12-14(2)18/h4-7,10-11,14H,8-9,12,18H2,1-3H3. The highest BCUT2D eigenvalue weighted by molar-refractivity contribution is 5.83. The summed E-state index contributed by atoms with van der Waals surface area (Å²) in [4.78, 5) is 2.30. The maximum atomic E-state index is 5.81. The van der Waals surface area contributed by atoms with Gasteiger partial charge in [0.15, 0.2) is 0 Å². The molecule has 0 heterocycles. The van der Waals surface area contributed by atoms with Gasteiger partial charge in [0.1, 0.15) is 0 Å². The minimum Gasteiger partial charge on any atom is -0.327 e. The Morgan fingerprint density at radius 2 is 1.79 bits per heavy atom. The van der Waals surface area contributed by atoms with Crippen LogP contribution in [0.4, 0.5) is 0 Å². The van der Waals surface area contributed by atoms with Crippen LogP contribution in [-0.2, 0) is 6.42 Å². The highest BCUT2D eigenvalue weighted by Gasteiger charge is 2.03. The Bertz CT molecular complexity index is 546. The molecule has 2 nitrogen and oxygen atoms in total. The van der Waals surface area contributed by atoms with Gasteiger partial charge in [-0.05, 0) is 43.7 Å². The van der Waals surface area contributed by atoms with Crippen LogP contribution in [0, 0.1) is 6.92 Å². The zero-order chi connectivity index (χ0) is 13.8. The molecule has 2 heteroatoms. The SMILES string of the molecule is Cc1ccc2cc(CCN(C)CC(C)N)ccc2c1. The van der Waals surface area contributed by atoms with Crippen LogP contribution in [0.3, 0.4) is 0 Å². The number of nitrogens with two attached hydrogens (primary N) is 1. The normalized spacial score (nSPS) is 13.1. The van der Waals surface area contributed by atoms with Gasteiger partial charge in [-0.1, -0.05) is 42.0 Å². The minimum atomic E-state index is 0.240. The van der Waals surface area contributed by atoms with Crippen molar-refractivity contribution >= 4 is 10.8 Å². The van der Waals surface area contributed by atoms with Crippen molar-refractivity contribution in [1.29, 1.82) is 0 Å². The molecule has 2 aromatic carbocycles. The summed E-state index contributed by atoms with van der Waals surface area (Å²) in [6.07, 6.45) is 1.08. The van der Waals surface area contributed by atoms with Gasteiger partial charge in [-0.2, -0.15) is 0 Å². The summed E-state index contributed by atoms with van der Waals surface area (Å²) >= 11 is 0. The number of hydrogen-bond donors (Lipinski definition) is 1. The second-order valence-corrected chi connectivity index (χ2v) is 5.67. The van der Waals surface area contributed by atoms with Gasteiger partial charge in [0, 0.05) is 19.1 Å². The molecule has 0 amide bonds. The van der Waals surface area contributed by atoms with E-state index in [9.17, 15) is 0 Å². The van der Waals surface area contributed by atoms with Gasteiger partial charge >= 0.3 is 0 Å². The van der Waals surface area contributed by atoms with Gasteiger partial charge in [0.2, 0.25) is 0 Å². The molecular formula is C17H24N2. The molecule has 1 unspecified atom stereocenters. The van der Waals surface area contributed by atoms with Gasteiger partial charge in [-0.15, -0.1) is 0 Å². The second-order valence-electron chi connectivity index (χ2n) is 5.67. The smallest absolute Gasteiger partial charge is 0.0139 e. The molecule has 2 rings (SSSR count). The number of nitrogens with zero attached hydrogens (tertiary/aromatic N) is 1. The van der Waals surface area contributed by atoms with E-state index in [-0.39, 0.29) is 6.04 Å². The van der Waals surface area contributed by atoms with Crippen molar-refractivity contribution in [1.82, 2.24) is 4.90 Å². The van der Waals surface area contributed by atoms with Crippen molar-refractivity contribution < 1.29 is 0 Å². The third kappa shape index (κ3) is 4.05. The summed E-state index contributed by atoms with van der Waals surface area (Å²) in [5.41, 5.74) is 8.52. The second kappa shape index (κ2) is 6.18. The first-order valence-electron chi connectivity index (χ1n) is 6.98. The Balaban J connectivity index is 2.03. The van der Waals surface area contributed by atoms with Gasteiger partial charge in [-0.25, -0.2) is 0 Å². The van der Waals surface area contributed by atoms with Crippen molar-refractivity contribution in [3.63, 3.8) is 0 Å². The molecule has 2 aromatic rings. The maximum absolute atomic E-state index is 5.81. The van der Waals surface area contributed by atoms with Crippen molar-refractivity contribution in [2.24, 2.45) is 5.73 Å². The summed E-state index contributed by atoms with van der Waals surface area (Å²) < 4.78 is 0. The number of fused-ring (bicyclic) bond motifs is 1. The lowest BCUT2D eigenvalue weighted by Gasteiger charge is -2.18. The molecule has 0 aliphatic rings. The molecule has 0 aliphatic carbocycles. The van der Waals surface area contributed by atoms with Gasteiger partial charge < -0.3 is 10.6 Å². The Morgan fingerprint density at radius 3 is 2.53 bits per heavy atom. The average molecular weight is 256 g/mol. The largest absolute Gasteiger partial charge is 0.327 e. The molecule has 19 heavy (non-hydrogen) atoms. The summed E-state index contributed by atoms with van der Waals surface area (Å²) in [5.74, 6) is 0. The predicted octanol–water partition coefficient (Wildman–Crippen LogP) is 2.97. The summed E-state index contributed by atoms with van der Waals surface area (Å²) in [7, 11) is 2.13. The molecule has 1 atom stereocenters. The van der Waals surface area contributed by atoms with Crippen molar-refractivity contribution in [2.45, 2.75) is 26.3 Å². The third-order valence-electron chi connectivity index (χ3n) is 3.44. The number of benzene rings is 2.